The average molecular weight is 523 g/mol. The first-order valence-corrected chi connectivity index (χ1v) is 12.1. The zero-order valence-electron chi connectivity index (χ0n) is 20.9. The monoisotopic (exact) mass is 522 g/mol. The Balaban J connectivity index is 2.14. The quantitative estimate of drug-likeness (QED) is 0.350. The van der Waals surface area contributed by atoms with E-state index in [9.17, 15) is 32.7 Å². The molecule has 3 atom stereocenters. The van der Waals surface area contributed by atoms with E-state index in [1.807, 2.05) is 30.3 Å². The van der Waals surface area contributed by atoms with Gasteiger partial charge >= 0.3 is 12.1 Å². The van der Waals surface area contributed by atoms with Gasteiger partial charge < -0.3 is 20.5 Å². The number of esters is 1. The molecule has 0 saturated carbocycles. The Kier molecular flexibility index (Phi) is 11.1. The molecular formula is C27H33F3N2O5. The first-order valence-electron chi connectivity index (χ1n) is 12.1. The molecule has 0 aliphatic carbocycles. The molecule has 3 N–H and O–H groups in total. The van der Waals surface area contributed by atoms with Crippen molar-refractivity contribution in [3.8, 4) is 0 Å². The van der Waals surface area contributed by atoms with Crippen LogP contribution in [0.2, 0.25) is 0 Å². The standard InChI is InChI=1S/C27H33F3N2O5/c1-3-37-25(35)26(36,27(28,29)30)22(16-10-15-20-11-6-4-7-12-20)24(34)32-19(2)23(33)31-18-17-21-13-8-5-9-14-21/h4-9,11-14,19,22,36H,3,10,15-18H2,1-2H3,(H,31,33)(H,32,34)/t19-,22-,26-/m0/s1. The fourth-order valence-corrected chi connectivity index (χ4v) is 3.89. The van der Waals surface area contributed by atoms with Crippen molar-refractivity contribution in [1.29, 1.82) is 0 Å². The molecule has 2 rings (SSSR count). The molecule has 0 unspecified atom stereocenters. The summed E-state index contributed by atoms with van der Waals surface area (Å²) in [6.07, 6.45) is -5.06. The number of rotatable bonds is 13. The molecule has 0 fully saturated rings. The SMILES string of the molecule is CCOC(=O)[C@@](O)([C@@H](CCCc1ccccc1)C(=O)N[C@@H](C)C(=O)NCCc1ccccc1)C(F)(F)F. The Bertz CT molecular complexity index is 1020. The largest absolute Gasteiger partial charge is 0.464 e. The van der Waals surface area contributed by atoms with Crippen molar-refractivity contribution in [2.24, 2.45) is 5.92 Å². The van der Waals surface area contributed by atoms with E-state index in [2.05, 4.69) is 15.4 Å². The highest BCUT2D eigenvalue weighted by molar-refractivity contribution is 5.93. The Morgan fingerprint density at radius 3 is 1.97 bits per heavy atom. The minimum atomic E-state index is -5.49. The van der Waals surface area contributed by atoms with E-state index in [4.69, 9.17) is 0 Å². The van der Waals surface area contributed by atoms with Crippen molar-refractivity contribution in [3.05, 3.63) is 71.8 Å². The zero-order chi connectivity index (χ0) is 27.5. The number of alkyl halides is 3. The highest BCUT2D eigenvalue weighted by atomic mass is 19.4. The normalized spacial score (nSPS) is 14.6. The first kappa shape index (κ1) is 29.8. The number of aryl methyl sites for hydroxylation is 1. The molecule has 0 heterocycles. The van der Waals surface area contributed by atoms with Crippen LogP contribution >= 0.6 is 0 Å². The maximum atomic E-state index is 14.1. The molecule has 0 aliphatic rings. The van der Waals surface area contributed by atoms with Crippen LogP contribution in [-0.4, -0.2) is 53.9 Å². The number of carbonyl (C=O) groups excluding carboxylic acids is 3. The summed E-state index contributed by atoms with van der Waals surface area (Å²) < 4.78 is 46.7. The molecule has 0 radical (unpaired) electrons. The highest BCUT2D eigenvalue weighted by Gasteiger charge is 2.67. The van der Waals surface area contributed by atoms with Gasteiger partial charge in [0, 0.05) is 6.54 Å². The molecule has 2 amide bonds. The van der Waals surface area contributed by atoms with Gasteiger partial charge in [-0.2, -0.15) is 13.2 Å². The van der Waals surface area contributed by atoms with E-state index in [1.165, 1.54) is 13.8 Å². The van der Waals surface area contributed by atoms with Crippen molar-refractivity contribution in [3.63, 3.8) is 0 Å². The second-order valence-corrected chi connectivity index (χ2v) is 8.67. The van der Waals surface area contributed by atoms with Crippen LogP contribution in [0.3, 0.4) is 0 Å². The van der Waals surface area contributed by atoms with Crippen LogP contribution in [0, 0.1) is 5.92 Å². The molecule has 202 valence electrons. The van der Waals surface area contributed by atoms with Crippen LogP contribution in [0.5, 0.6) is 0 Å². The summed E-state index contributed by atoms with van der Waals surface area (Å²) in [5.41, 5.74) is -2.28. The number of amides is 2. The molecule has 0 saturated heterocycles. The van der Waals surface area contributed by atoms with Crippen molar-refractivity contribution in [2.45, 2.75) is 57.3 Å². The molecular weight excluding hydrogens is 489 g/mol. The maximum absolute atomic E-state index is 14.1. The topological polar surface area (TPSA) is 105 Å². The van der Waals surface area contributed by atoms with Crippen molar-refractivity contribution < 1.29 is 37.4 Å². The summed E-state index contributed by atoms with van der Waals surface area (Å²) >= 11 is 0. The maximum Gasteiger partial charge on any atom is 0.429 e. The van der Waals surface area contributed by atoms with Gasteiger partial charge in [0.1, 0.15) is 6.04 Å². The Morgan fingerprint density at radius 1 is 0.919 bits per heavy atom. The Labute approximate surface area is 214 Å². The second-order valence-electron chi connectivity index (χ2n) is 8.67. The van der Waals surface area contributed by atoms with Gasteiger partial charge in [-0.3, -0.25) is 9.59 Å². The van der Waals surface area contributed by atoms with E-state index in [1.54, 1.807) is 30.3 Å². The predicted octanol–water partition coefficient (Wildman–Crippen LogP) is 3.35. The number of aliphatic hydroxyl groups is 1. The van der Waals surface area contributed by atoms with E-state index in [-0.39, 0.29) is 13.0 Å². The van der Waals surface area contributed by atoms with E-state index >= 15 is 0 Å². The number of halogens is 3. The number of nitrogens with one attached hydrogen (secondary N) is 2. The summed E-state index contributed by atoms with van der Waals surface area (Å²) in [5.74, 6) is -6.07. The Morgan fingerprint density at radius 2 is 1.46 bits per heavy atom. The van der Waals surface area contributed by atoms with Gasteiger partial charge in [0.25, 0.3) is 5.60 Å². The van der Waals surface area contributed by atoms with Gasteiger partial charge in [-0.1, -0.05) is 60.7 Å². The van der Waals surface area contributed by atoms with Crippen LogP contribution in [0.1, 0.15) is 37.8 Å². The van der Waals surface area contributed by atoms with Crippen LogP contribution in [0.15, 0.2) is 60.7 Å². The lowest BCUT2D eigenvalue weighted by Crippen LogP contribution is -2.63. The smallest absolute Gasteiger partial charge is 0.429 e. The number of ether oxygens (including phenoxy) is 1. The minimum absolute atomic E-state index is 0.0670. The van der Waals surface area contributed by atoms with Gasteiger partial charge in [0.2, 0.25) is 11.8 Å². The first-order chi connectivity index (χ1) is 17.5. The van der Waals surface area contributed by atoms with Gasteiger partial charge in [-0.05, 0) is 50.7 Å². The summed E-state index contributed by atoms with van der Waals surface area (Å²) in [6.45, 7) is 2.43. The fraction of sp³-hybridized carbons (Fsp3) is 0.444. The van der Waals surface area contributed by atoms with Gasteiger partial charge in [0.15, 0.2) is 0 Å². The predicted molar refractivity (Wildman–Crippen MR) is 131 cm³/mol. The van der Waals surface area contributed by atoms with E-state index < -0.39 is 54.5 Å². The highest BCUT2D eigenvalue weighted by Crippen LogP contribution is 2.40. The van der Waals surface area contributed by atoms with Crippen molar-refractivity contribution in [2.75, 3.05) is 13.2 Å². The Hall–Kier alpha value is -3.40. The molecule has 2 aromatic rings. The fourth-order valence-electron chi connectivity index (χ4n) is 3.89. The van der Waals surface area contributed by atoms with Gasteiger partial charge in [0.05, 0.1) is 12.5 Å². The number of hydrogen-bond acceptors (Lipinski definition) is 5. The summed E-state index contributed by atoms with van der Waals surface area (Å²) in [4.78, 5) is 37.8. The zero-order valence-corrected chi connectivity index (χ0v) is 20.9. The molecule has 7 nitrogen and oxygen atoms in total. The minimum Gasteiger partial charge on any atom is -0.464 e. The van der Waals surface area contributed by atoms with E-state index in [0.717, 1.165) is 11.1 Å². The summed E-state index contributed by atoms with van der Waals surface area (Å²) in [7, 11) is 0. The number of hydrogen-bond donors (Lipinski definition) is 3. The van der Waals surface area contributed by atoms with Crippen LogP contribution in [0.4, 0.5) is 13.2 Å². The number of benzene rings is 2. The summed E-state index contributed by atoms with van der Waals surface area (Å²) in [6, 6.07) is 17.0. The molecule has 0 aliphatic heterocycles. The lowest BCUT2D eigenvalue weighted by atomic mass is 9.81. The third kappa shape index (κ3) is 8.31. The van der Waals surface area contributed by atoms with Crippen LogP contribution < -0.4 is 10.6 Å². The molecule has 0 aromatic heterocycles. The molecule has 37 heavy (non-hydrogen) atoms. The average Bonchev–Trinajstić information content (AvgIpc) is 2.86. The lowest BCUT2D eigenvalue weighted by Gasteiger charge is -2.35. The lowest BCUT2D eigenvalue weighted by molar-refractivity contribution is -0.277. The third-order valence-corrected chi connectivity index (χ3v) is 5.95. The number of carbonyl (C=O) groups is 3. The van der Waals surface area contributed by atoms with Gasteiger partial charge in [-0.15, -0.1) is 0 Å². The summed E-state index contributed by atoms with van der Waals surface area (Å²) in [5, 5.41) is 15.5. The molecule has 10 heteroatoms. The van der Waals surface area contributed by atoms with Crippen molar-refractivity contribution >= 4 is 17.8 Å². The molecule has 0 spiro atoms. The van der Waals surface area contributed by atoms with Crippen molar-refractivity contribution in [1.82, 2.24) is 10.6 Å². The van der Waals surface area contributed by atoms with Crippen LogP contribution in [0.25, 0.3) is 0 Å². The van der Waals surface area contributed by atoms with Gasteiger partial charge in [-0.25, -0.2) is 4.79 Å². The molecule has 2 aromatic carbocycles. The molecule has 0 bridgehead atoms. The third-order valence-electron chi connectivity index (χ3n) is 5.95. The van der Waals surface area contributed by atoms with E-state index in [0.29, 0.717) is 12.8 Å². The second kappa shape index (κ2) is 13.8. The van der Waals surface area contributed by atoms with Crippen LogP contribution in [-0.2, 0) is 32.0 Å².